The van der Waals surface area contributed by atoms with Crippen LogP contribution in [0.5, 0.6) is 0 Å². The van der Waals surface area contributed by atoms with Gasteiger partial charge in [-0.15, -0.1) is 0 Å². The van der Waals surface area contributed by atoms with Gasteiger partial charge in [0, 0.05) is 19.2 Å². The summed E-state index contributed by atoms with van der Waals surface area (Å²) in [5, 5.41) is 0.180. The number of fused-ring (bicyclic) bond motifs is 1. The molecule has 1 unspecified atom stereocenters. The van der Waals surface area contributed by atoms with Gasteiger partial charge in [0.25, 0.3) is 0 Å². The third-order valence-corrected chi connectivity index (χ3v) is 8.74. The summed E-state index contributed by atoms with van der Waals surface area (Å²) in [4.78, 5) is 21.2. The Kier molecular flexibility index (Phi) is 7.46. The first-order chi connectivity index (χ1) is 16.6. The van der Waals surface area contributed by atoms with Crippen molar-refractivity contribution in [2.24, 2.45) is 0 Å². The molecule has 0 bridgehead atoms. The van der Waals surface area contributed by atoms with Crippen molar-refractivity contribution in [3.8, 4) is 0 Å². The summed E-state index contributed by atoms with van der Waals surface area (Å²) in [6.45, 7) is 1.02. The molecular formula is C23H25F3N4O3S2. The molecule has 188 valence electrons. The van der Waals surface area contributed by atoms with E-state index in [9.17, 15) is 26.4 Å². The molecular weight excluding hydrogens is 501 g/mol. The van der Waals surface area contributed by atoms with Crippen LogP contribution in [0.1, 0.15) is 19.3 Å². The fraction of sp³-hybridized carbons (Fsp3) is 0.391. The minimum Gasteiger partial charge on any atom is -0.309 e. The lowest BCUT2D eigenvalue weighted by molar-refractivity contribution is -0.121. The maximum atomic E-state index is 14.3. The second-order valence-corrected chi connectivity index (χ2v) is 11.5. The zero-order valence-electron chi connectivity index (χ0n) is 19.2. The number of sulfonamides is 1. The van der Waals surface area contributed by atoms with Gasteiger partial charge in [0.2, 0.25) is 15.9 Å². The molecule has 0 N–H and O–H groups in total. The van der Waals surface area contributed by atoms with Gasteiger partial charge in [0.1, 0.15) is 23.2 Å². The Labute approximate surface area is 205 Å². The molecule has 0 radical (unpaired) electrons. The van der Waals surface area contributed by atoms with Gasteiger partial charge in [-0.1, -0.05) is 11.3 Å². The molecule has 2 aromatic carbocycles. The SMILES string of the molecule is CN(C)CCCN(C(=O)C1CCCN1S(=O)(=O)c1ccc(F)cc1)c1nc2c(F)cc(F)cc2s1. The molecule has 1 aliphatic heterocycles. The van der Waals surface area contributed by atoms with Crippen molar-refractivity contribution in [3.63, 3.8) is 0 Å². The van der Waals surface area contributed by atoms with Crippen molar-refractivity contribution in [1.29, 1.82) is 0 Å². The summed E-state index contributed by atoms with van der Waals surface area (Å²) in [5.41, 5.74) is -0.0426. The smallest absolute Gasteiger partial charge is 0.247 e. The van der Waals surface area contributed by atoms with Crippen LogP contribution in [0, 0.1) is 17.5 Å². The first kappa shape index (κ1) is 25.5. The second kappa shape index (κ2) is 10.2. The molecule has 1 atom stereocenters. The highest BCUT2D eigenvalue weighted by Crippen LogP contribution is 2.34. The van der Waals surface area contributed by atoms with E-state index in [0.717, 1.165) is 39.9 Å². The summed E-state index contributed by atoms with van der Waals surface area (Å²) in [6.07, 6.45) is 1.34. The van der Waals surface area contributed by atoms with E-state index in [2.05, 4.69) is 4.98 Å². The highest BCUT2D eigenvalue weighted by molar-refractivity contribution is 7.89. The summed E-state index contributed by atoms with van der Waals surface area (Å²) < 4.78 is 69.3. The third kappa shape index (κ3) is 5.35. The highest BCUT2D eigenvalue weighted by atomic mass is 32.2. The maximum Gasteiger partial charge on any atom is 0.247 e. The van der Waals surface area contributed by atoms with Crippen LogP contribution in [-0.4, -0.2) is 68.3 Å². The number of benzene rings is 2. The lowest BCUT2D eigenvalue weighted by Gasteiger charge is -2.29. The largest absolute Gasteiger partial charge is 0.309 e. The summed E-state index contributed by atoms with van der Waals surface area (Å²) in [7, 11) is -0.282. The van der Waals surface area contributed by atoms with Gasteiger partial charge in [-0.05, 0) is 70.2 Å². The normalized spacial score (nSPS) is 16.9. The van der Waals surface area contributed by atoms with Crippen molar-refractivity contribution in [3.05, 3.63) is 53.8 Å². The molecule has 0 spiro atoms. The lowest BCUT2D eigenvalue weighted by atomic mass is 10.2. The topological polar surface area (TPSA) is 73.8 Å². The van der Waals surface area contributed by atoms with E-state index in [1.54, 1.807) is 0 Å². The maximum absolute atomic E-state index is 14.3. The molecule has 35 heavy (non-hydrogen) atoms. The van der Waals surface area contributed by atoms with Crippen LogP contribution in [-0.2, 0) is 14.8 Å². The number of hydrogen-bond acceptors (Lipinski definition) is 6. The fourth-order valence-electron chi connectivity index (χ4n) is 4.10. The molecule has 1 aromatic heterocycles. The minimum absolute atomic E-state index is 0.0426. The van der Waals surface area contributed by atoms with Gasteiger partial charge in [-0.2, -0.15) is 4.31 Å². The predicted octanol–water partition coefficient (Wildman–Crippen LogP) is 3.85. The molecule has 2 heterocycles. The van der Waals surface area contributed by atoms with Crippen LogP contribution in [0.15, 0.2) is 41.3 Å². The Bertz CT molecular complexity index is 1330. The average Bonchev–Trinajstić information content (AvgIpc) is 3.44. The molecule has 4 rings (SSSR count). The lowest BCUT2D eigenvalue weighted by Crippen LogP contribution is -2.48. The number of aromatic nitrogens is 1. The molecule has 0 saturated carbocycles. The van der Waals surface area contributed by atoms with E-state index in [-0.39, 0.29) is 33.3 Å². The molecule has 3 aromatic rings. The molecule has 1 saturated heterocycles. The number of halogens is 3. The number of rotatable bonds is 8. The number of nitrogens with zero attached hydrogens (tertiary/aromatic N) is 4. The molecule has 1 fully saturated rings. The number of thiazole rings is 1. The van der Waals surface area contributed by atoms with Gasteiger partial charge >= 0.3 is 0 Å². The predicted molar refractivity (Wildman–Crippen MR) is 128 cm³/mol. The second-order valence-electron chi connectivity index (χ2n) is 8.61. The Hall–Kier alpha value is -2.54. The Morgan fingerprint density at radius 2 is 1.83 bits per heavy atom. The van der Waals surface area contributed by atoms with Crippen molar-refractivity contribution in [2.45, 2.75) is 30.2 Å². The number of anilines is 1. The molecule has 1 amide bonds. The van der Waals surface area contributed by atoms with Gasteiger partial charge in [-0.3, -0.25) is 9.69 Å². The number of amides is 1. The van der Waals surface area contributed by atoms with Crippen molar-refractivity contribution in [2.75, 3.05) is 38.6 Å². The third-order valence-electron chi connectivity index (χ3n) is 5.79. The van der Waals surface area contributed by atoms with Crippen LogP contribution in [0.2, 0.25) is 0 Å². The Morgan fingerprint density at radius 3 is 2.51 bits per heavy atom. The molecule has 0 aliphatic carbocycles. The van der Waals surface area contributed by atoms with Crippen LogP contribution >= 0.6 is 11.3 Å². The first-order valence-corrected chi connectivity index (χ1v) is 13.3. The highest BCUT2D eigenvalue weighted by Gasteiger charge is 2.42. The van der Waals surface area contributed by atoms with E-state index in [4.69, 9.17) is 0 Å². The van der Waals surface area contributed by atoms with Gasteiger partial charge < -0.3 is 4.90 Å². The standard InChI is InChI=1S/C23H25F3N4O3S2/c1-28(2)10-4-11-29(23-27-21-18(26)13-16(25)14-20(21)34-23)22(31)19-5-3-12-30(19)35(32,33)17-8-6-15(24)7-9-17/h6-9,13-14,19H,3-5,10-12H2,1-2H3. The molecule has 7 nitrogen and oxygen atoms in total. The zero-order chi connectivity index (χ0) is 25.3. The average molecular weight is 527 g/mol. The van der Waals surface area contributed by atoms with Crippen molar-refractivity contribution >= 4 is 42.6 Å². The zero-order valence-corrected chi connectivity index (χ0v) is 20.9. The molecule has 12 heteroatoms. The van der Waals surface area contributed by atoms with Gasteiger partial charge in [0.05, 0.1) is 9.60 Å². The van der Waals surface area contributed by atoms with E-state index in [1.807, 2.05) is 19.0 Å². The Morgan fingerprint density at radius 1 is 1.11 bits per heavy atom. The van der Waals surface area contributed by atoms with Gasteiger partial charge in [0.15, 0.2) is 10.9 Å². The van der Waals surface area contributed by atoms with Crippen LogP contribution in [0.3, 0.4) is 0 Å². The van der Waals surface area contributed by atoms with Crippen LogP contribution in [0.25, 0.3) is 10.2 Å². The monoisotopic (exact) mass is 526 g/mol. The number of carbonyl (C=O) groups excluding carboxylic acids is 1. The fourth-order valence-corrected chi connectivity index (χ4v) is 6.79. The van der Waals surface area contributed by atoms with Crippen molar-refractivity contribution in [1.82, 2.24) is 14.2 Å². The number of carbonyl (C=O) groups is 1. The van der Waals surface area contributed by atoms with Crippen molar-refractivity contribution < 1.29 is 26.4 Å². The van der Waals surface area contributed by atoms with Crippen LogP contribution < -0.4 is 4.90 Å². The summed E-state index contributed by atoms with van der Waals surface area (Å²) in [5.74, 6) is -2.62. The van der Waals surface area contributed by atoms with E-state index < -0.39 is 39.4 Å². The number of hydrogen-bond donors (Lipinski definition) is 0. The quantitative estimate of drug-likeness (QED) is 0.446. The van der Waals surface area contributed by atoms with E-state index in [1.165, 1.54) is 17.0 Å². The first-order valence-electron chi connectivity index (χ1n) is 11.1. The van der Waals surface area contributed by atoms with Gasteiger partial charge in [-0.25, -0.2) is 26.6 Å². The van der Waals surface area contributed by atoms with E-state index >= 15 is 0 Å². The minimum atomic E-state index is -4.05. The molecule has 1 aliphatic rings. The summed E-state index contributed by atoms with van der Waals surface area (Å²) >= 11 is 0.977. The Balaban J connectivity index is 1.68. The summed E-state index contributed by atoms with van der Waals surface area (Å²) in [6, 6.07) is 5.36. The van der Waals surface area contributed by atoms with Crippen LogP contribution in [0.4, 0.5) is 18.3 Å². The van der Waals surface area contributed by atoms with E-state index in [0.29, 0.717) is 25.8 Å².